The zero-order valence-corrected chi connectivity index (χ0v) is 11.4. The summed E-state index contributed by atoms with van der Waals surface area (Å²) in [6.45, 7) is 2.27. The van der Waals surface area contributed by atoms with E-state index in [1.54, 1.807) is 0 Å². The molecule has 94 valence electrons. The molecule has 1 aliphatic rings. The van der Waals surface area contributed by atoms with E-state index in [2.05, 4.69) is 12.2 Å². The first-order valence-corrected chi connectivity index (χ1v) is 7.11. The Balaban J connectivity index is 2.46. The van der Waals surface area contributed by atoms with E-state index in [0.29, 0.717) is 5.11 Å². The molecule has 0 spiro atoms. The predicted molar refractivity (Wildman–Crippen MR) is 74.5 cm³/mol. The first kappa shape index (κ1) is 13.8. The van der Waals surface area contributed by atoms with Crippen LogP contribution in [0.2, 0.25) is 0 Å². The third kappa shape index (κ3) is 5.69. The molecule has 0 atom stereocenters. The van der Waals surface area contributed by atoms with Crippen LogP contribution in [-0.4, -0.2) is 10.7 Å². The van der Waals surface area contributed by atoms with Crippen molar-refractivity contribution in [1.29, 1.82) is 0 Å². The third-order valence-electron chi connectivity index (χ3n) is 3.63. The fourth-order valence-electron chi connectivity index (χ4n) is 2.64. The lowest BCUT2D eigenvalue weighted by Gasteiger charge is -2.31. The topological polar surface area (TPSA) is 38.0 Å². The van der Waals surface area contributed by atoms with E-state index < -0.39 is 0 Å². The molecule has 0 unspecified atom stereocenters. The lowest BCUT2D eigenvalue weighted by molar-refractivity contribution is 0.335. The molecule has 0 aromatic carbocycles. The van der Waals surface area contributed by atoms with Gasteiger partial charge in [-0.15, -0.1) is 0 Å². The van der Waals surface area contributed by atoms with Crippen LogP contribution < -0.4 is 11.1 Å². The van der Waals surface area contributed by atoms with Crippen molar-refractivity contribution in [3.05, 3.63) is 0 Å². The van der Waals surface area contributed by atoms with Crippen LogP contribution in [0.1, 0.15) is 71.1 Å². The standard InChI is InChI=1S/C13H26N2S/c1-13(15-12(14)16)10-8-6-4-2-3-5-7-9-11-13/h2-11H2,1H3,(H3,14,15,16). The second-order valence-electron chi connectivity index (χ2n) is 5.38. The zero-order valence-electron chi connectivity index (χ0n) is 10.6. The highest BCUT2D eigenvalue weighted by molar-refractivity contribution is 7.80. The third-order valence-corrected chi connectivity index (χ3v) is 3.73. The molecule has 3 heteroatoms. The van der Waals surface area contributed by atoms with Crippen molar-refractivity contribution < 1.29 is 0 Å². The van der Waals surface area contributed by atoms with E-state index in [4.69, 9.17) is 18.0 Å². The molecule has 3 N–H and O–H groups in total. The molecule has 1 saturated carbocycles. The molecule has 16 heavy (non-hydrogen) atoms. The monoisotopic (exact) mass is 242 g/mol. The Labute approximate surface area is 105 Å². The van der Waals surface area contributed by atoms with Gasteiger partial charge in [0.25, 0.3) is 0 Å². The molecule has 0 aliphatic heterocycles. The largest absolute Gasteiger partial charge is 0.376 e. The average Bonchev–Trinajstić information content (AvgIpc) is 2.23. The van der Waals surface area contributed by atoms with Crippen LogP contribution >= 0.6 is 12.2 Å². The van der Waals surface area contributed by atoms with E-state index in [9.17, 15) is 0 Å². The quantitative estimate of drug-likeness (QED) is 0.691. The normalized spacial score (nSPS) is 23.1. The van der Waals surface area contributed by atoms with Gasteiger partial charge in [-0.05, 0) is 32.0 Å². The van der Waals surface area contributed by atoms with Crippen molar-refractivity contribution in [2.45, 2.75) is 76.7 Å². The predicted octanol–water partition coefficient (Wildman–Crippen LogP) is 3.49. The molecule has 2 nitrogen and oxygen atoms in total. The van der Waals surface area contributed by atoms with Crippen LogP contribution in [0.25, 0.3) is 0 Å². The Morgan fingerprint density at radius 3 is 1.69 bits per heavy atom. The van der Waals surface area contributed by atoms with Crippen molar-refractivity contribution >= 4 is 17.3 Å². The number of nitrogens with two attached hydrogens (primary N) is 1. The van der Waals surface area contributed by atoms with Gasteiger partial charge in [0.15, 0.2) is 5.11 Å². The highest BCUT2D eigenvalue weighted by Gasteiger charge is 2.23. The minimum absolute atomic E-state index is 0.135. The van der Waals surface area contributed by atoms with Gasteiger partial charge in [0.2, 0.25) is 0 Å². The van der Waals surface area contributed by atoms with E-state index >= 15 is 0 Å². The highest BCUT2D eigenvalue weighted by Crippen LogP contribution is 2.24. The number of rotatable bonds is 1. The second-order valence-corrected chi connectivity index (χ2v) is 5.82. The molecule has 0 saturated heterocycles. The van der Waals surface area contributed by atoms with Gasteiger partial charge in [-0.2, -0.15) is 0 Å². The van der Waals surface area contributed by atoms with Crippen LogP contribution in [0, 0.1) is 0 Å². The maximum atomic E-state index is 5.62. The van der Waals surface area contributed by atoms with Gasteiger partial charge >= 0.3 is 0 Å². The van der Waals surface area contributed by atoms with Crippen LogP contribution in [-0.2, 0) is 0 Å². The Bertz CT molecular complexity index is 204. The van der Waals surface area contributed by atoms with Crippen molar-refractivity contribution in [2.75, 3.05) is 0 Å². The molecule has 0 aromatic heterocycles. The fraction of sp³-hybridized carbons (Fsp3) is 0.923. The van der Waals surface area contributed by atoms with Gasteiger partial charge in [-0.25, -0.2) is 0 Å². The van der Waals surface area contributed by atoms with Gasteiger partial charge in [-0.1, -0.05) is 51.4 Å². The highest BCUT2D eigenvalue weighted by atomic mass is 32.1. The van der Waals surface area contributed by atoms with Gasteiger partial charge < -0.3 is 11.1 Å². The van der Waals surface area contributed by atoms with E-state index in [1.807, 2.05) is 0 Å². The first-order valence-electron chi connectivity index (χ1n) is 6.70. The molecule has 1 aliphatic carbocycles. The maximum Gasteiger partial charge on any atom is 0.164 e. The van der Waals surface area contributed by atoms with Gasteiger partial charge in [-0.3, -0.25) is 0 Å². The molecule has 1 fully saturated rings. The molecule has 0 aromatic rings. The summed E-state index contributed by atoms with van der Waals surface area (Å²) >= 11 is 4.98. The molecular weight excluding hydrogens is 216 g/mol. The van der Waals surface area contributed by atoms with Crippen molar-refractivity contribution in [2.24, 2.45) is 5.73 Å². The van der Waals surface area contributed by atoms with Crippen molar-refractivity contribution in [3.63, 3.8) is 0 Å². The molecule has 0 bridgehead atoms. The second kappa shape index (κ2) is 7.10. The number of hydrogen-bond donors (Lipinski definition) is 2. The molecule has 0 radical (unpaired) electrons. The van der Waals surface area contributed by atoms with Gasteiger partial charge in [0, 0.05) is 5.54 Å². The summed E-state index contributed by atoms with van der Waals surface area (Å²) in [6.07, 6.45) is 13.3. The summed E-state index contributed by atoms with van der Waals surface area (Å²) in [6, 6.07) is 0. The summed E-state index contributed by atoms with van der Waals surface area (Å²) in [4.78, 5) is 0. The van der Waals surface area contributed by atoms with Crippen molar-refractivity contribution in [3.8, 4) is 0 Å². The summed E-state index contributed by atoms with van der Waals surface area (Å²) < 4.78 is 0. The number of nitrogens with one attached hydrogen (secondary N) is 1. The Morgan fingerprint density at radius 1 is 0.938 bits per heavy atom. The van der Waals surface area contributed by atoms with Crippen molar-refractivity contribution in [1.82, 2.24) is 5.32 Å². The smallest absolute Gasteiger partial charge is 0.164 e. The lowest BCUT2D eigenvalue weighted by atomic mass is 9.89. The Morgan fingerprint density at radius 2 is 1.31 bits per heavy atom. The number of thiocarbonyl (C=S) groups is 1. The van der Waals surface area contributed by atoms with Gasteiger partial charge in [0.1, 0.15) is 0 Å². The lowest BCUT2D eigenvalue weighted by Crippen LogP contribution is -2.48. The minimum atomic E-state index is 0.135. The molecule has 0 heterocycles. The zero-order chi connectivity index (χ0) is 11.9. The molecule has 1 rings (SSSR count). The number of hydrogen-bond acceptors (Lipinski definition) is 1. The SMILES string of the molecule is CC1(NC(N)=S)CCCCCCCCCC1. The Kier molecular flexibility index (Phi) is 6.10. The molecular formula is C13H26N2S. The Hall–Kier alpha value is -0.310. The maximum absolute atomic E-state index is 5.62. The summed E-state index contributed by atoms with van der Waals surface area (Å²) in [5.74, 6) is 0. The van der Waals surface area contributed by atoms with Crippen LogP contribution in [0.5, 0.6) is 0 Å². The van der Waals surface area contributed by atoms with Gasteiger partial charge in [0.05, 0.1) is 0 Å². The summed E-state index contributed by atoms with van der Waals surface area (Å²) in [5.41, 5.74) is 5.75. The van der Waals surface area contributed by atoms with E-state index in [-0.39, 0.29) is 5.54 Å². The summed E-state index contributed by atoms with van der Waals surface area (Å²) in [7, 11) is 0. The van der Waals surface area contributed by atoms with Crippen LogP contribution in [0.4, 0.5) is 0 Å². The van der Waals surface area contributed by atoms with E-state index in [0.717, 1.165) is 0 Å². The first-order chi connectivity index (χ1) is 7.62. The average molecular weight is 242 g/mol. The van der Waals surface area contributed by atoms with Crippen LogP contribution in [0.3, 0.4) is 0 Å². The minimum Gasteiger partial charge on any atom is -0.376 e. The summed E-state index contributed by atoms with van der Waals surface area (Å²) in [5, 5.41) is 3.76. The fourth-order valence-corrected chi connectivity index (χ4v) is 2.88. The molecule has 0 amide bonds. The van der Waals surface area contributed by atoms with E-state index in [1.165, 1.54) is 64.2 Å². The van der Waals surface area contributed by atoms with Crippen LogP contribution in [0.15, 0.2) is 0 Å².